The number of hydrogen-bond acceptors (Lipinski definition) is 7. The topological polar surface area (TPSA) is 140 Å². The molecule has 5 atom stereocenters. The van der Waals surface area contributed by atoms with Crippen molar-refractivity contribution in [1.29, 1.82) is 0 Å². The van der Waals surface area contributed by atoms with Gasteiger partial charge in [0.15, 0.2) is 0 Å². The number of para-hydroxylation sites is 1. The maximum atomic E-state index is 13.5. The lowest BCUT2D eigenvalue weighted by molar-refractivity contribution is -0.141. The standard InChI is InChI=1S/C30H41FN4O6/c1-5-41-24-9-7-6-8-21(24)16-23(36)17-33-29(39)26(27(37)20-12-14-22(31)15-13-20)34-28(38)18(2)35(4)30(40)25(32-3)19-10-11-19/h6-9,12-15,18-19,23,25-27,32,36-37H,5,10-11,16-17H2,1-4H3,(H,33,39)(H,34,38). The van der Waals surface area contributed by atoms with Crippen LogP contribution in [0.5, 0.6) is 5.75 Å². The number of aliphatic hydroxyl groups excluding tert-OH is 2. The van der Waals surface area contributed by atoms with Gasteiger partial charge >= 0.3 is 0 Å². The highest BCUT2D eigenvalue weighted by Gasteiger charge is 2.39. The van der Waals surface area contributed by atoms with Gasteiger partial charge in [-0.1, -0.05) is 30.3 Å². The molecule has 0 bridgehead atoms. The van der Waals surface area contributed by atoms with E-state index >= 15 is 0 Å². The van der Waals surface area contributed by atoms with Crippen molar-refractivity contribution in [2.75, 3.05) is 27.2 Å². The third kappa shape index (κ3) is 8.72. The molecule has 1 aliphatic carbocycles. The van der Waals surface area contributed by atoms with Crippen molar-refractivity contribution in [3.63, 3.8) is 0 Å². The maximum Gasteiger partial charge on any atom is 0.245 e. The molecule has 1 saturated carbocycles. The Morgan fingerprint density at radius 3 is 2.34 bits per heavy atom. The summed E-state index contributed by atoms with van der Waals surface area (Å²) in [6.07, 6.45) is -0.448. The number of rotatable bonds is 15. The lowest BCUT2D eigenvalue weighted by atomic mass is 10.0. The summed E-state index contributed by atoms with van der Waals surface area (Å²) >= 11 is 0. The second kappa shape index (κ2) is 14.9. The molecule has 11 heteroatoms. The number of hydrogen-bond donors (Lipinski definition) is 5. The Morgan fingerprint density at radius 1 is 1.07 bits per heavy atom. The summed E-state index contributed by atoms with van der Waals surface area (Å²) in [5, 5.41) is 29.8. The van der Waals surface area contributed by atoms with E-state index in [9.17, 15) is 29.0 Å². The van der Waals surface area contributed by atoms with E-state index in [1.165, 1.54) is 31.0 Å². The summed E-state index contributed by atoms with van der Waals surface area (Å²) in [6.45, 7) is 3.68. The van der Waals surface area contributed by atoms with E-state index < -0.39 is 48.0 Å². The minimum atomic E-state index is -1.53. The molecule has 224 valence electrons. The van der Waals surface area contributed by atoms with Crippen LogP contribution < -0.4 is 20.7 Å². The van der Waals surface area contributed by atoms with E-state index in [2.05, 4.69) is 16.0 Å². The third-order valence-corrected chi connectivity index (χ3v) is 7.33. The van der Waals surface area contributed by atoms with Crippen molar-refractivity contribution in [1.82, 2.24) is 20.9 Å². The van der Waals surface area contributed by atoms with Crippen molar-refractivity contribution in [3.8, 4) is 5.75 Å². The van der Waals surface area contributed by atoms with Gasteiger partial charge in [0.1, 0.15) is 29.8 Å². The van der Waals surface area contributed by atoms with Gasteiger partial charge in [0.25, 0.3) is 0 Å². The van der Waals surface area contributed by atoms with Crippen LogP contribution in [0.3, 0.4) is 0 Å². The van der Waals surface area contributed by atoms with Gasteiger partial charge in [-0.3, -0.25) is 14.4 Å². The lowest BCUT2D eigenvalue weighted by Gasteiger charge is -2.30. The predicted molar refractivity (Wildman–Crippen MR) is 151 cm³/mol. The molecule has 5 unspecified atom stereocenters. The molecule has 0 spiro atoms. The number of ether oxygens (including phenoxy) is 1. The lowest BCUT2D eigenvalue weighted by Crippen LogP contribution is -2.57. The van der Waals surface area contributed by atoms with Crippen molar-refractivity contribution in [2.45, 2.75) is 63.4 Å². The molecule has 1 aliphatic rings. The first-order chi connectivity index (χ1) is 19.6. The molecular weight excluding hydrogens is 531 g/mol. The molecule has 0 aliphatic heterocycles. The Balaban J connectivity index is 1.71. The van der Waals surface area contributed by atoms with Crippen molar-refractivity contribution in [2.24, 2.45) is 5.92 Å². The Hall–Kier alpha value is -3.54. The summed E-state index contributed by atoms with van der Waals surface area (Å²) in [7, 11) is 3.21. The van der Waals surface area contributed by atoms with Gasteiger partial charge in [0, 0.05) is 20.0 Å². The van der Waals surface area contributed by atoms with Crippen LogP contribution in [0.4, 0.5) is 4.39 Å². The van der Waals surface area contributed by atoms with Gasteiger partial charge in [0.05, 0.1) is 18.8 Å². The normalized spacial score (nSPS) is 16.6. The van der Waals surface area contributed by atoms with Crippen LogP contribution in [-0.4, -0.2) is 84.3 Å². The molecule has 3 amide bonds. The van der Waals surface area contributed by atoms with Crippen LogP contribution in [0.25, 0.3) is 0 Å². The van der Waals surface area contributed by atoms with Gasteiger partial charge in [-0.2, -0.15) is 0 Å². The summed E-state index contributed by atoms with van der Waals surface area (Å²) in [5.41, 5.74) is 0.971. The van der Waals surface area contributed by atoms with Gasteiger partial charge in [-0.05, 0) is 69.0 Å². The van der Waals surface area contributed by atoms with Crippen molar-refractivity contribution in [3.05, 3.63) is 65.5 Å². The molecule has 3 rings (SSSR count). The SMILES string of the molecule is CCOc1ccccc1CC(O)CNC(=O)C(NC(=O)C(C)N(C)C(=O)C(NC)C1CC1)C(O)c1ccc(F)cc1. The molecule has 2 aromatic carbocycles. The van der Waals surface area contributed by atoms with Crippen LogP contribution in [0.15, 0.2) is 48.5 Å². The van der Waals surface area contributed by atoms with Crippen LogP contribution in [-0.2, 0) is 20.8 Å². The quantitative estimate of drug-likeness (QED) is 0.217. The van der Waals surface area contributed by atoms with E-state index in [0.29, 0.717) is 12.4 Å². The van der Waals surface area contributed by atoms with E-state index in [1.54, 1.807) is 13.1 Å². The van der Waals surface area contributed by atoms with E-state index in [4.69, 9.17) is 4.74 Å². The second-order valence-corrected chi connectivity index (χ2v) is 10.4. The molecular formula is C30H41FN4O6. The fourth-order valence-corrected chi connectivity index (χ4v) is 4.61. The first kappa shape index (κ1) is 32.0. The smallest absolute Gasteiger partial charge is 0.245 e. The van der Waals surface area contributed by atoms with Gasteiger partial charge in [-0.15, -0.1) is 0 Å². The van der Waals surface area contributed by atoms with Gasteiger partial charge in [-0.25, -0.2) is 4.39 Å². The van der Waals surface area contributed by atoms with E-state index in [1.807, 2.05) is 25.1 Å². The zero-order valence-electron chi connectivity index (χ0n) is 24.0. The fourth-order valence-electron chi connectivity index (χ4n) is 4.61. The zero-order valence-corrected chi connectivity index (χ0v) is 24.0. The molecule has 0 saturated heterocycles. The Kier molecular flexibility index (Phi) is 11.6. The number of aliphatic hydroxyl groups is 2. The van der Waals surface area contributed by atoms with Crippen molar-refractivity contribution < 1.29 is 33.7 Å². The minimum absolute atomic E-state index is 0.166. The monoisotopic (exact) mass is 572 g/mol. The van der Waals surface area contributed by atoms with Gasteiger partial charge in [0.2, 0.25) is 17.7 Å². The number of carbonyl (C=O) groups is 3. The predicted octanol–water partition coefficient (Wildman–Crippen LogP) is 1.31. The molecule has 2 aromatic rings. The number of benzene rings is 2. The number of likely N-dealkylation sites (N-methyl/N-ethyl adjacent to an activating group) is 2. The molecule has 10 nitrogen and oxygen atoms in total. The molecule has 1 fully saturated rings. The minimum Gasteiger partial charge on any atom is -0.494 e. The highest BCUT2D eigenvalue weighted by molar-refractivity contribution is 5.93. The number of halogens is 1. The van der Waals surface area contributed by atoms with Gasteiger partial charge < -0.3 is 35.8 Å². The van der Waals surface area contributed by atoms with Crippen LogP contribution in [0.2, 0.25) is 0 Å². The number of carbonyl (C=O) groups excluding carboxylic acids is 3. The summed E-state index contributed by atoms with van der Waals surface area (Å²) < 4.78 is 19.1. The Morgan fingerprint density at radius 2 is 1.73 bits per heavy atom. The average Bonchev–Trinajstić information content (AvgIpc) is 3.80. The van der Waals surface area contributed by atoms with Crippen LogP contribution >= 0.6 is 0 Å². The third-order valence-electron chi connectivity index (χ3n) is 7.33. The molecule has 0 heterocycles. The Labute approximate surface area is 240 Å². The number of nitrogens with zero attached hydrogens (tertiary/aromatic N) is 1. The average molecular weight is 573 g/mol. The largest absolute Gasteiger partial charge is 0.494 e. The van der Waals surface area contributed by atoms with E-state index in [-0.39, 0.29) is 30.4 Å². The molecule has 41 heavy (non-hydrogen) atoms. The highest BCUT2D eigenvalue weighted by atomic mass is 19.1. The van der Waals surface area contributed by atoms with Crippen LogP contribution in [0.1, 0.15) is 43.9 Å². The zero-order chi connectivity index (χ0) is 30.1. The maximum absolute atomic E-state index is 13.5. The Bertz CT molecular complexity index is 1180. The second-order valence-electron chi connectivity index (χ2n) is 10.4. The van der Waals surface area contributed by atoms with E-state index in [0.717, 1.165) is 30.5 Å². The number of amides is 3. The summed E-state index contributed by atoms with van der Waals surface area (Å²) in [5.74, 6) is -1.32. The summed E-state index contributed by atoms with van der Waals surface area (Å²) in [4.78, 5) is 40.8. The molecule has 0 aromatic heterocycles. The highest BCUT2D eigenvalue weighted by Crippen LogP contribution is 2.33. The molecule has 0 radical (unpaired) electrons. The first-order valence-corrected chi connectivity index (χ1v) is 13.9. The number of nitrogens with one attached hydrogen (secondary N) is 3. The van der Waals surface area contributed by atoms with Crippen molar-refractivity contribution >= 4 is 17.7 Å². The summed E-state index contributed by atoms with van der Waals surface area (Å²) in [6, 6.07) is 9.33. The van der Waals surface area contributed by atoms with Crippen LogP contribution in [0, 0.1) is 11.7 Å². The fraction of sp³-hybridized carbons (Fsp3) is 0.500. The molecule has 5 N–H and O–H groups in total. The first-order valence-electron chi connectivity index (χ1n) is 13.9.